The van der Waals surface area contributed by atoms with Crippen LogP contribution in [0.5, 0.6) is 11.5 Å². The molecule has 1 N–H and O–H groups in total. The van der Waals surface area contributed by atoms with Crippen molar-refractivity contribution in [3.05, 3.63) is 47.0 Å². The number of benzene rings is 2. The SMILES string of the molecule is COc1cccc(CNC(=O)C2CCN(c3nc4c(C)cc(C)cc4s3)CC2)c1OC. The Labute approximate surface area is 187 Å². The monoisotopic (exact) mass is 439 g/mol. The molecule has 1 aliphatic rings. The molecule has 0 saturated carbocycles. The number of aryl methyl sites for hydroxylation is 2. The lowest BCUT2D eigenvalue weighted by Crippen LogP contribution is -2.40. The maximum atomic E-state index is 12.8. The van der Waals surface area contributed by atoms with Crippen LogP contribution in [0.1, 0.15) is 29.5 Å². The summed E-state index contributed by atoms with van der Waals surface area (Å²) in [5, 5.41) is 4.14. The average molecular weight is 440 g/mol. The molecular weight excluding hydrogens is 410 g/mol. The molecule has 1 saturated heterocycles. The molecule has 1 amide bonds. The van der Waals surface area contributed by atoms with Crippen molar-refractivity contribution in [3.63, 3.8) is 0 Å². The van der Waals surface area contributed by atoms with Crippen LogP contribution in [0.15, 0.2) is 30.3 Å². The average Bonchev–Trinajstić information content (AvgIpc) is 3.21. The van der Waals surface area contributed by atoms with E-state index in [1.165, 1.54) is 15.8 Å². The molecule has 7 heteroatoms. The topological polar surface area (TPSA) is 63.7 Å². The summed E-state index contributed by atoms with van der Waals surface area (Å²) in [5.74, 6) is 1.46. The molecule has 1 fully saturated rings. The molecule has 1 aromatic heterocycles. The standard InChI is InChI=1S/C24H29N3O3S/c1-15-12-16(2)21-20(13-15)31-24(26-21)27-10-8-17(9-11-27)23(28)25-14-18-6-5-7-19(29-3)22(18)30-4/h5-7,12-13,17H,8-11,14H2,1-4H3,(H,25,28). The van der Waals surface area contributed by atoms with Crippen molar-refractivity contribution in [1.29, 1.82) is 0 Å². The lowest BCUT2D eigenvalue weighted by molar-refractivity contribution is -0.125. The van der Waals surface area contributed by atoms with E-state index in [4.69, 9.17) is 14.5 Å². The van der Waals surface area contributed by atoms with Crippen molar-refractivity contribution < 1.29 is 14.3 Å². The fourth-order valence-corrected chi connectivity index (χ4v) is 5.44. The zero-order valence-corrected chi connectivity index (χ0v) is 19.3. The number of amides is 1. The molecule has 0 radical (unpaired) electrons. The number of ether oxygens (including phenoxy) is 2. The van der Waals surface area contributed by atoms with Gasteiger partial charge in [0.15, 0.2) is 16.6 Å². The van der Waals surface area contributed by atoms with Crippen LogP contribution in [0, 0.1) is 19.8 Å². The quantitative estimate of drug-likeness (QED) is 0.614. The van der Waals surface area contributed by atoms with E-state index in [2.05, 4.69) is 36.2 Å². The number of carbonyl (C=O) groups is 1. The molecule has 164 valence electrons. The fourth-order valence-electron chi connectivity index (χ4n) is 4.25. The van der Waals surface area contributed by atoms with E-state index in [0.717, 1.165) is 42.1 Å². The Kier molecular flexibility index (Phi) is 6.32. The number of carbonyl (C=O) groups excluding carboxylic acids is 1. The zero-order valence-electron chi connectivity index (χ0n) is 18.5. The number of nitrogens with zero attached hydrogens (tertiary/aromatic N) is 2. The van der Waals surface area contributed by atoms with Gasteiger partial charge in [0, 0.05) is 31.1 Å². The number of methoxy groups -OCH3 is 2. The molecule has 1 aliphatic heterocycles. The molecule has 6 nitrogen and oxygen atoms in total. The molecule has 2 heterocycles. The van der Waals surface area contributed by atoms with Crippen LogP contribution in [0.2, 0.25) is 0 Å². The van der Waals surface area contributed by atoms with Gasteiger partial charge in [-0.05, 0) is 49.9 Å². The van der Waals surface area contributed by atoms with Gasteiger partial charge in [0.1, 0.15) is 0 Å². The first-order valence-electron chi connectivity index (χ1n) is 10.6. The highest BCUT2D eigenvalue weighted by molar-refractivity contribution is 7.22. The Hall–Kier alpha value is -2.80. The van der Waals surface area contributed by atoms with E-state index in [-0.39, 0.29) is 11.8 Å². The first kappa shape index (κ1) is 21.4. The van der Waals surface area contributed by atoms with Crippen LogP contribution in [-0.2, 0) is 11.3 Å². The van der Waals surface area contributed by atoms with Crippen molar-refractivity contribution in [2.75, 3.05) is 32.2 Å². The molecule has 0 bridgehead atoms. The number of hydrogen-bond acceptors (Lipinski definition) is 6. The van der Waals surface area contributed by atoms with Gasteiger partial charge < -0.3 is 19.7 Å². The molecule has 2 aromatic carbocycles. The number of rotatable bonds is 6. The highest BCUT2D eigenvalue weighted by Gasteiger charge is 2.26. The van der Waals surface area contributed by atoms with E-state index >= 15 is 0 Å². The van der Waals surface area contributed by atoms with Gasteiger partial charge >= 0.3 is 0 Å². The van der Waals surface area contributed by atoms with Crippen LogP contribution in [0.25, 0.3) is 10.2 Å². The fraction of sp³-hybridized carbons (Fsp3) is 0.417. The molecule has 0 unspecified atom stereocenters. The summed E-state index contributed by atoms with van der Waals surface area (Å²) in [6, 6.07) is 10.1. The normalized spacial score (nSPS) is 14.6. The van der Waals surface area contributed by atoms with Crippen LogP contribution in [0.4, 0.5) is 5.13 Å². The van der Waals surface area contributed by atoms with Crippen LogP contribution < -0.4 is 19.7 Å². The third-order valence-corrected chi connectivity index (χ3v) is 6.96. The highest BCUT2D eigenvalue weighted by atomic mass is 32.1. The Bertz CT molecular complexity index is 1090. The number of piperidine rings is 1. The minimum atomic E-state index is 0.0196. The number of anilines is 1. The van der Waals surface area contributed by atoms with E-state index in [1.54, 1.807) is 25.6 Å². The second-order valence-corrected chi connectivity index (χ2v) is 9.07. The third-order valence-electron chi connectivity index (χ3n) is 5.89. The molecule has 31 heavy (non-hydrogen) atoms. The first-order valence-corrected chi connectivity index (χ1v) is 11.4. The lowest BCUT2D eigenvalue weighted by Gasteiger charge is -2.31. The van der Waals surface area contributed by atoms with Crippen LogP contribution in [0.3, 0.4) is 0 Å². The van der Waals surface area contributed by atoms with E-state index in [9.17, 15) is 4.79 Å². The van der Waals surface area contributed by atoms with Gasteiger partial charge in [0.25, 0.3) is 0 Å². The highest BCUT2D eigenvalue weighted by Crippen LogP contribution is 2.34. The number of aromatic nitrogens is 1. The second kappa shape index (κ2) is 9.14. The number of thiazole rings is 1. The molecular formula is C24H29N3O3S. The molecule has 0 spiro atoms. The number of hydrogen-bond donors (Lipinski definition) is 1. The summed E-state index contributed by atoms with van der Waals surface area (Å²) in [7, 11) is 3.23. The Morgan fingerprint density at radius 1 is 1.19 bits per heavy atom. The molecule has 0 aliphatic carbocycles. The van der Waals surface area contributed by atoms with Crippen molar-refractivity contribution >= 4 is 32.6 Å². The van der Waals surface area contributed by atoms with Gasteiger partial charge in [0.2, 0.25) is 5.91 Å². The first-order chi connectivity index (χ1) is 15.0. The zero-order chi connectivity index (χ0) is 22.0. The van der Waals surface area contributed by atoms with E-state index < -0.39 is 0 Å². The van der Waals surface area contributed by atoms with Gasteiger partial charge in [-0.3, -0.25) is 4.79 Å². The van der Waals surface area contributed by atoms with E-state index in [0.29, 0.717) is 18.0 Å². The second-order valence-electron chi connectivity index (χ2n) is 8.06. The lowest BCUT2D eigenvalue weighted by atomic mass is 9.96. The minimum Gasteiger partial charge on any atom is -0.493 e. The summed E-state index contributed by atoms with van der Waals surface area (Å²) in [4.78, 5) is 20.0. The van der Waals surface area contributed by atoms with Crippen molar-refractivity contribution in [2.45, 2.75) is 33.2 Å². The summed E-state index contributed by atoms with van der Waals surface area (Å²) < 4.78 is 12.0. The Morgan fingerprint density at radius 3 is 2.68 bits per heavy atom. The third kappa shape index (κ3) is 4.46. The van der Waals surface area contributed by atoms with Crippen LogP contribution in [-0.4, -0.2) is 38.2 Å². The van der Waals surface area contributed by atoms with E-state index in [1.807, 2.05) is 18.2 Å². The summed E-state index contributed by atoms with van der Waals surface area (Å²) in [5.41, 5.74) is 4.49. The Balaban J connectivity index is 1.36. The van der Waals surface area contributed by atoms with Gasteiger partial charge in [-0.25, -0.2) is 4.98 Å². The predicted molar refractivity (Wildman–Crippen MR) is 125 cm³/mol. The summed E-state index contributed by atoms with van der Waals surface area (Å²) >= 11 is 1.75. The molecule has 4 rings (SSSR count). The minimum absolute atomic E-state index is 0.0196. The number of nitrogens with one attached hydrogen (secondary N) is 1. The van der Waals surface area contributed by atoms with Crippen LogP contribution >= 0.6 is 11.3 Å². The summed E-state index contributed by atoms with van der Waals surface area (Å²) in [6.45, 7) is 6.36. The van der Waals surface area contributed by atoms with Gasteiger partial charge in [-0.15, -0.1) is 0 Å². The van der Waals surface area contributed by atoms with Gasteiger partial charge in [-0.2, -0.15) is 0 Å². The van der Waals surface area contributed by atoms with Crippen molar-refractivity contribution in [2.24, 2.45) is 5.92 Å². The van der Waals surface area contributed by atoms with Gasteiger partial charge in [0.05, 0.1) is 24.4 Å². The number of para-hydroxylation sites is 1. The molecule has 3 aromatic rings. The molecule has 0 atom stereocenters. The maximum Gasteiger partial charge on any atom is 0.223 e. The Morgan fingerprint density at radius 2 is 1.97 bits per heavy atom. The van der Waals surface area contributed by atoms with Gasteiger partial charge in [-0.1, -0.05) is 29.5 Å². The maximum absolute atomic E-state index is 12.8. The number of fused-ring (bicyclic) bond motifs is 1. The largest absolute Gasteiger partial charge is 0.493 e. The van der Waals surface area contributed by atoms with Crippen molar-refractivity contribution in [1.82, 2.24) is 10.3 Å². The smallest absolute Gasteiger partial charge is 0.223 e. The predicted octanol–water partition coefficient (Wildman–Crippen LogP) is 4.46. The van der Waals surface area contributed by atoms with Crippen molar-refractivity contribution in [3.8, 4) is 11.5 Å². The summed E-state index contributed by atoms with van der Waals surface area (Å²) in [6.07, 6.45) is 1.66.